The minimum atomic E-state index is -3.54. The third-order valence-corrected chi connectivity index (χ3v) is 5.35. The fraction of sp³-hybridized carbons (Fsp3) is 0.333. The highest BCUT2D eigenvalue weighted by Crippen LogP contribution is 2.30. The molecule has 1 aliphatic rings. The minimum absolute atomic E-state index is 0.199. The van der Waals surface area contributed by atoms with Gasteiger partial charge in [-0.05, 0) is 41.3 Å². The summed E-state index contributed by atoms with van der Waals surface area (Å²) in [6, 6.07) is 12.4. The molecule has 1 heterocycles. The second kappa shape index (κ2) is 6.83. The van der Waals surface area contributed by atoms with Gasteiger partial charge in [0.05, 0.1) is 4.90 Å². The molecule has 5 nitrogen and oxygen atoms in total. The molecule has 0 atom stereocenters. The molecule has 2 aromatic rings. The van der Waals surface area contributed by atoms with Crippen molar-refractivity contribution in [3.63, 3.8) is 0 Å². The topological polar surface area (TPSA) is 64.6 Å². The SMILES string of the molecule is CC(C)c1ccc(S(=O)(=O)NCc2ccc3c(c2)OCCO3)cc1. The van der Waals surface area contributed by atoms with E-state index in [0.29, 0.717) is 30.6 Å². The molecule has 0 aromatic heterocycles. The quantitative estimate of drug-likeness (QED) is 0.903. The van der Waals surface area contributed by atoms with Crippen molar-refractivity contribution in [1.29, 1.82) is 0 Å². The van der Waals surface area contributed by atoms with Crippen LogP contribution in [0.5, 0.6) is 11.5 Å². The molecule has 0 aliphatic carbocycles. The normalized spacial score (nSPS) is 14.0. The van der Waals surface area contributed by atoms with E-state index in [1.165, 1.54) is 0 Å². The molecule has 3 rings (SSSR count). The Morgan fingerprint density at radius 3 is 2.33 bits per heavy atom. The van der Waals surface area contributed by atoms with E-state index in [4.69, 9.17) is 9.47 Å². The first-order chi connectivity index (χ1) is 11.5. The van der Waals surface area contributed by atoms with Crippen molar-refractivity contribution in [3.8, 4) is 11.5 Å². The monoisotopic (exact) mass is 347 g/mol. The van der Waals surface area contributed by atoms with Crippen LogP contribution in [0, 0.1) is 0 Å². The minimum Gasteiger partial charge on any atom is -0.486 e. The largest absolute Gasteiger partial charge is 0.486 e. The average Bonchev–Trinajstić information content (AvgIpc) is 2.60. The molecule has 1 aliphatic heterocycles. The maximum Gasteiger partial charge on any atom is 0.240 e. The zero-order valence-electron chi connectivity index (χ0n) is 13.8. The first-order valence-corrected chi connectivity index (χ1v) is 9.42. The van der Waals surface area contributed by atoms with E-state index in [1.807, 2.05) is 18.2 Å². The number of benzene rings is 2. The van der Waals surface area contributed by atoms with E-state index in [0.717, 1.165) is 11.1 Å². The van der Waals surface area contributed by atoms with Crippen molar-refractivity contribution >= 4 is 10.0 Å². The van der Waals surface area contributed by atoms with E-state index in [1.54, 1.807) is 24.3 Å². The zero-order valence-corrected chi connectivity index (χ0v) is 14.6. The van der Waals surface area contributed by atoms with Crippen LogP contribution < -0.4 is 14.2 Å². The van der Waals surface area contributed by atoms with Gasteiger partial charge in [-0.2, -0.15) is 0 Å². The molecule has 0 amide bonds. The highest BCUT2D eigenvalue weighted by Gasteiger charge is 2.16. The van der Waals surface area contributed by atoms with Crippen molar-refractivity contribution < 1.29 is 17.9 Å². The van der Waals surface area contributed by atoms with E-state index >= 15 is 0 Å². The molecule has 0 saturated carbocycles. The summed E-state index contributed by atoms with van der Waals surface area (Å²) in [6.45, 7) is 5.38. The van der Waals surface area contributed by atoms with Gasteiger partial charge in [0.2, 0.25) is 10.0 Å². The van der Waals surface area contributed by atoms with Crippen molar-refractivity contribution in [2.24, 2.45) is 0 Å². The third kappa shape index (κ3) is 3.71. The lowest BCUT2D eigenvalue weighted by molar-refractivity contribution is 0.171. The van der Waals surface area contributed by atoms with Gasteiger partial charge in [-0.15, -0.1) is 0 Å². The predicted molar refractivity (Wildman–Crippen MR) is 92.0 cm³/mol. The van der Waals surface area contributed by atoms with Crippen LogP contribution in [0.3, 0.4) is 0 Å². The van der Waals surface area contributed by atoms with Gasteiger partial charge in [0.25, 0.3) is 0 Å². The molecular formula is C18H21NO4S. The van der Waals surface area contributed by atoms with E-state index in [-0.39, 0.29) is 11.4 Å². The number of hydrogen-bond donors (Lipinski definition) is 1. The zero-order chi connectivity index (χ0) is 17.2. The summed E-state index contributed by atoms with van der Waals surface area (Å²) in [5, 5.41) is 0. The van der Waals surface area contributed by atoms with E-state index in [9.17, 15) is 8.42 Å². The lowest BCUT2D eigenvalue weighted by Crippen LogP contribution is -2.23. The number of hydrogen-bond acceptors (Lipinski definition) is 4. The van der Waals surface area contributed by atoms with Crippen LogP contribution in [0.4, 0.5) is 0 Å². The van der Waals surface area contributed by atoms with Gasteiger partial charge >= 0.3 is 0 Å². The number of nitrogens with one attached hydrogen (secondary N) is 1. The van der Waals surface area contributed by atoms with Crippen LogP contribution in [-0.4, -0.2) is 21.6 Å². The predicted octanol–water partition coefficient (Wildman–Crippen LogP) is 3.06. The highest BCUT2D eigenvalue weighted by molar-refractivity contribution is 7.89. The van der Waals surface area contributed by atoms with Gasteiger partial charge in [0.1, 0.15) is 13.2 Å². The van der Waals surface area contributed by atoms with Gasteiger partial charge in [-0.1, -0.05) is 32.0 Å². The molecule has 1 N–H and O–H groups in total. The lowest BCUT2D eigenvalue weighted by Gasteiger charge is -2.19. The van der Waals surface area contributed by atoms with Crippen molar-refractivity contribution in [2.45, 2.75) is 31.2 Å². The first-order valence-electron chi connectivity index (χ1n) is 7.94. The maximum absolute atomic E-state index is 12.4. The van der Waals surface area contributed by atoms with Crippen molar-refractivity contribution in [3.05, 3.63) is 53.6 Å². The summed E-state index contributed by atoms with van der Waals surface area (Å²) >= 11 is 0. The summed E-state index contributed by atoms with van der Waals surface area (Å²) in [6.07, 6.45) is 0. The first kappa shape index (κ1) is 16.8. The smallest absolute Gasteiger partial charge is 0.240 e. The van der Waals surface area contributed by atoms with Gasteiger partial charge in [0, 0.05) is 6.54 Å². The molecule has 2 aromatic carbocycles. The standard InChI is InChI=1S/C18H21NO4S/c1-13(2)15-4-6-16(7-5-15)24(20,21)19-12-14-3-8-17-18(11-14)23-10-9-22-17/h3-8,11,13,19H,9-10,12H2,1-2H3. The van der Waals surface area contributed by atoms with Crippen LogP contribution >= 0.6 is 0 Å². The Bertz CT molecular complexity index is 813. The molecule has 0 radical (unpaired) electrons. The van der Waals surface area contributed by atoms with Crippen molar-refractivity contribution in [1.82, 2.24) is 4.72 Å². The fourth-order valence-corrected chi connectivity index (χ4v) is 3.51. The second-order valence-corrected chi connectivity index (χ2v) is 7.79. The number of rotatable bonds is 5. The van der Waals surface area contributed by atoms with Gasteiger partial charge < -0.3 is 9.47 Å². The summed E-state index contributed by atoms with van der Waals surface area (Å²) in [7, 11) is -3.54. The van der Waals surface area contributed by atoms with Crippen LogP contribution in [0.2, 0.25) is 0 Å². The Balaban J connectivity index is 1.71. The number of ether oxygens (including phenoxy) is 2. The van der Waals surface area contributed by atoms with Crippen LogP contribution in [-0.2, 0) is 16.6 Å². The Morgan fingerprint density at radius 2 is 1.67 bits per heavy atom. The summed E-state index contributed by atoms with van der Waals surface area (Å²) in [5.41, 5.74) is 1.93. The Hall–Kier alpha value is -2.05. The summed E-state index contributed by atoms with van der Waals surface area (Å²) in [4.78, 5) is 0.268. The molecule has 0 unspecified atom stereocenters. The summed E-state index contributed by atoms with van der Waals surface area (Å²) in [5.74, 6) is 1.71. The maximum atomic E-state index is 12.4. The number of sulfonamides is 1. The Morgan fingerprint density at radius 1 is 1.00 bits per heavy atom. The summed E-state index contributed by atoms with van der Waals surface area (Å²) < 4.78 is 38.4. The fourth-order valence-electron chi connectivity index (χ4n) is 2.49. The van der Waals surface area contributed by atoms with Crippen LogP contribution in [0.25, 0.3) is 0 Å². The average molecular weight is 347 g/mol. The molecule has 0 fully saturated rings. The van der Waals surface area contributed by atoms with E-state index in [2.05, 4.69) is 18.6 Å². The van der Waals surface area contributed by atoms with Crippen molar-refractivity contribution in [2.75, 3.05) is 13.2 Å². The van der Waals surface area contributed by atoms with E-state index < -0.39 is 10.0 Å². The Kier molecular flexibility index (Phi) is 4.78. The molecule has 0 bridgehead atoms. The molecule has 24 heavy (non-hydrogen) atoms. The lowest BCUT2D eigenvalue weighted by atomic mass is 10.0. The van der Waals surface area contributed by atoms with Gasteiger partial charge in [0.15, 0.2) is 11.5 Å². The molecule has 0 spiro atoms. The Labute approximate surface area is 142 Å². The van der Waals surface area contributed by atoms with Gasteiger partial charge in [-0.25, -0.2) is 13.1 Å². The third-order valence-electron chi connectivity index (χ3n) is 3.93. The second-order valence-electron chi connectivity index (χ2n) is 6.03. The highest BCUT2D eigenvalue weighted by atomic mass is 32.2. The van der Waals surface area contributed by atoms with Crippen LogP contribution in [0.1, 0.15) is 30.9 Å². The van der Waals surface area contributed by atoms with Crippen LogP contribution in [0.15, 0.2) is 47.4 Å². The molecule has 128 valence electrons. The molecule has 0 saturated heterocycles. The number of fused-ring (bicyclic) bond motifs is 1. The molecular weight excluding hydrogens is 326 g/mol. The molecule has 6 heteroatoms. The van der Waals surface area contributed by atoms with Gasteiger partial charge in [-0.3, -0.25) is 0 Å².